The largest absolute Gasteiger partial charge is 0.481 e. The molecule has 2 aliphatic heterocycles. The fourth-order valence-electron chi connectivity index (χ4n) is 3.59. The average Bonchev–Trinajstić information content (AvgIpc) is 3.03. The summed E-state index contributed by atoms with van der Waals surface area (Å²) in [6.45, 7) is 7.66. The van der Waals surface area contributed by atoms with E-state index in [4.69, 9.17) is 10.1 Å². The Bertz CT molecular complexity index is 524. The van der Waals surface area contributed by atoms with Crippen molar-refractivity contribution in [2.45, 2.75) is 52.1 Å². The predicted molar refractivity (Wildman–Crippen MR) is 80.2 cm³/mol. The lowest BCUT2D eigenvalue weighted by Crippen LogP contribution is -2.28. The summed E-state index contributed by atoms with van der Waals surface area (Å²) in [7, 11) is 0. The molecule has 2 aliphatic rings. The normalized spacial score (nSPS) is 26.2. The number of carboxylic acid groups (broad SMARTS) is 1. The molecule has 21 heavy (non-hydrogen) atoms. The van der Waals surface area contributed by atoms with Gasteiger partial charge >= 0.3 is 5.97 Å². The lowest BCUT2D eigenvalue weighted by molar-refractivity contribution is -0.142. The van der Waals surface area contributed by atoms with Gasteiger partial charge in [0.15, 0.2) is 0 Å². The molecule has 0 saturated carbocycles. The van der Waals surface area contributed by atoms with Gasteiger partial charge in [0, 0.05) is 31.7 Å². The third kappa shape index (κ3) is 3.12. The molecule has 3 heterocycles. The van der Waals surface area contributed by atoms with E-state index >= 15 is 0 Å². The van der Waals surface area contributed by atoms with E-state index < -0.39 is 5.97 Å². The van der Waals surface area contributed by atoms with Gasteiger partial charge in [0.1, 0.15) is 5.82 Å². The minimum absolute atomic E-state index is 0.254. The Morgan fingerprint density at radius 3 is 2.90 bits per heavy atom. The molecule has 0 amide bonds. The zero-order valence-corrected chi connectivity index (χ0v) is 13.0. The van der Waals surface area contributed by atoms with Crippen LogP contribution in [0, 0.1) is 11.8 Å². The van der Waals surface area contributed by atoms with Gasteiger partial charge in [-0.1, -0.05) is 0 Å². The summed E-state index contributed by atoms with van der Waals surface area (Å²) in [5.41, 5.74) is 1.15. The molecule has 1 N–H and O–H groups in total. The van der Waals surface area contributed by atoms with Crippen LogP contribution in [-0.4, -0.2) is 44.7 Å². The van der Waals surface area contributed by atoms with E-state index in [1.807, 2.05) is 0 Å². The second-order valence-corrected chi connectivity index (χ2v) is 6.82. The Kier molecular flexibility index (Phi) is 4.02. The standard InChI is InChI=1S/C16H25N3O2/c1-11(2)18-5-3-12(9-18)7-14-10-19-6-4-13(16(20)21)8-15(19)17-14/h10-13H,3-9H2,1-2H3,(H,20,21). The number of carbonyl (C=O) groups is 1. The Morgan fingerprint density at radius 2 is 2.24 bits per heavy atom. The van der Waals surface area contributed by atoms with E-state index in [0.29, 0.717) is 18.4 Å². The molecule has 1 aromatic heterocycles. The number of carboxylic acids is 1. The monoisotopic (exact) mass is 291 g/mol. The number of likely N-dealkylation sites (tertiary alicyclic amines) is 1. The van der Waals surface area contributed by atoms with E-state index in [9.17, 15) is 4.79 Å². The first-order chi connectivity index (χ1) is 10.0. The number of nitrogens with zero attached hydrogens (tertiary/aromatic N) is 3. The van der Waals surface area contributed by atoms with Crippen molar-refractivity contribution >= 4 is 5.97 Å². The van der Waals surface area contributed by atoms with Crippen LogP contribution in [0.5, 0.6) is 0 Å². The quantitative estimate of drug-likeness (QED) is 0.919. The first-order valence-electron chi connectivity index (χ1n) is 8.04. The summed E-state index contributed by atoms with van der Waals surface area (Å²) < 4.78 is 2.16. The number of aliphatic carboxylic acids is 1. The maximum atomic E-state index is 11.1. The highest BCUT2D eigenvalue weighted by molar-refractivity contribution is 5.70. The van der Waals surface area contributed by atoms with Crippen LogP contribution < -0.4 is 0 Å². The molecule has 2 atom stereocenters. The Balaban J connectivity index is 1.62. The van der Waals surface area contributed by atoms with Crippen molar-refractivity contribution in [2.75, 3.05) is 13.1 Å². The topological polar surface area (TPSA) is 58.4 Å². The third-order valence-corrected chi connectivity index (χ3v) is 4.95. The molecule has 2 unspecified atom stereocenters. The number of aryl methyl sites for hydroxylation is 1. The van der Waals surface area contributed by atoms with Crippen molar-refractivity contribution in [2.24, 2.45) is 11.8 Å². The van der Waals surface area contributed by atoms with Crippen molar-refractivity contribution in [3.63, 3.8) is 0 Å². The highest BCUT2D eigenvalue weighted by Gasteiger charge is 2.28. The number of imidazole rings is 1. The minimum atomic E-state index is -0.686. The summed E-state index contributed by atoms with van der Waals surface area (Å²) in [4.78, 5) is 18.3. The van der Waals surface area contributed by atoms with Gasteiger partial charge in [0.25, 0.3) is 0 Å². The molecule has 0 aromatic carbocycles. The number of rotatable bonds is 4. The van der Waals surface area contributed by atoms with Crippen LogP contribution in [0.4, 0.5) is 0 Å². The summed E-state index contributed by atoms with van der Waals surface area (Å²) >= 11 is 0. The van der Waals surface area contributed by atoms with Crippen LogP contribution in [0.3, 0.4) is 0 Å². The molecule has 5 heteroatoms. The van der Waals surface area contributed by atoms with Crippen molar-refractivity contribution in [3.8, 4) is 0 Å². The Morgan fingerprint density at radius 1 is 1.43 bits per heavy atom. The van der Waals surface area contributed by atoms with Gasteiger partial charge in [-0.05, 0) is 45.6 Å². The van der Waals surface area contributed by atoms with Gasteiger partial charge in [0.05, 0.1) is 11.6 Å². The third-order valence-electron chi connectivity index (χ3n) is 4.95. The number of hydrogen-bond acceptors (Lipinski definition) is 3. The fraction of sp³-hybridized carbons (Fsp3) is 0.750. The summed E-state index contributed by atoms with van der Waals surface area (Å²) in [6.07, 6.45) is 5.73. The molecule has 0 bridgehead atoms. The zero-order chi connectivity index (χ0) is 15.0. The molecule has 5 nitrogen and oxygen atoms in total. The number of hydrogen-bond donors (Lipinski definition) is 1. The summed E-state index contributed by atoms with van der Waals surface area (Å²) in [6, 6.07) is 0.626. The maximum Gasteiger partial charge on any atom is 0.307 e. The van der Waals surface area contributed by atoms with Crippen molar-refractivity contribution < 1.29 is 9.90 Å². The molecule has 3 rings (SSSR count). The van der Waals surface area contributed by atoms with Crippen LogP contribution in [-0.2, 0) is 24.2 Å². The minimum Gasteiger partial charge on any atom is -0.481 e. The number of fused-ring (bicyclic) bond motifs is 1. The van der Waals surface area contributed by atoms with E-state index in [-0.39, 0.29) is 5.92 Å². The van der Waals surface area contributed by atoms with Gasteiger partial charge in [-0.25, -0.2) is 4.98 Å². The SMILES string of the molecule is CC(C)N1CCC(Cc2cn3c(n2)CC(C(=O)O)CC3)C1. The second kappa shape index (κ2) is 5.79. The van der Waals surface area contributed by atoms with Gasteiger partial charge in [-0.3, -0.25) is 4.79 Å². The highest BCUT2D eigenvalue weighted by atomic mass is 16.4. The van der Waals surface area contributed by atoms with Crippen LogP contribution >= 0.6 is 0 Å². The highest BCUT2D eigenvalue weighted by Crippen LogP contribution is 2.25. The molecule has 1 aromatic rings. The van der Waals surface area contributed by atoms with E-state index in [1.165, 1.54) is 13.0 Å². The van der Waals surface area contributed by atoms with Gasteiger partial charge in [0.2, 0.25) is 0 Å². The van der Waals surface area contributed by atoms with E-state index in [2.05, 4.69) is 29.5 Å². The Labute approximate surface area is 126 Å². The van der Waals surface area contributed by atoms with Gasteiger partial charge < -0.3 is 14.6 Å². The molecule has 1 saturated heterocycles. The molecule has 0 spiro atoms. The van der Waals surface area contributed by atoms with Crippen LogP contribution in [0.1, 0.15) is 38.2 Å². The molecular weight excluding hydrogens is 266 g/mol. The molecule has 1 fully saturated rings. The molecular formula is C16H25N3O2. The van der Waals surface area contributed by atoms with Crippen LogP contribution in [0.25, 0.3) is 0 Å². The van der Waals surface area contributed by atoms with Crippen LogP contribution in [0.15, 0.2) is 6.20 Å². The van der Waals surface area contributed by atoms with Gasteiger partial charge in [-0.15, -0.1) is 0 Å². The Hall–Kier alpha value is -1.36. The summed E-state index contributed by atoms with van der Waals surface area (Å²) in [5, 5.41) is 9.14. The predicted octanol–water partition coefficient (Wildman–Crippen LogP) is 1.80. The van der Waals surface area contributed by atoms with Crippen molar-refractivity contribution in [1.29, 1.82) is 0 Å². The number of aromatic nitrogens is 2. The zero-order valence-electron chi connectivity index (χ0n) is 13.0. The van der Waals surface area contributed by atoms with E-state index in [0.717, 1.165) is 37.4 Å². The summed E-state index contributed by atoms with van der Waals surface area (Å²) in [5.74, 6) is 0.715. The fourth-order valence-corrected chi connectivity index (χ4v) is 3.59. The lowest BCUT2D eigenvalue weighted by atomic mass is 9.98. The first-order valence-corrected chi connectivity index (χ1v) is 8.04. The van der Waals surface area contributed by atoms with Crippen molar-refractivity contribution in [3.05, 3.63) is 17.7 Å². The second-order valence-electron chi connectivity index (χ2n) is 6.82. The smallest absolute Gasteiger partial charge is 0.307 e. The van der Waals surface area contributed by atoms with Crippen LogP contribution in [0.2, 0.25) is 0 Å². The maximum absolute atomic E-state index is 11.1. The molecule has 0 radical (unpaired) electrons. The van der Waals surface area contributed by atoms with Crippen molar-refractivity contribution in [1.82, 2.24) is 14.5 Å². The first kappa shape index (κ1) is 14.6. The lowest BCUT2D eigenvalue weighted by Gasteiger charge is -2.19. The molecule has 116 valence electrons. The van der Waals surface area contributed by atoms with E-state index in [1.54, 1.807) is 0 Å². The molecule has 0 aliphatic carbocycles. The van der Waals surface area contributed by atoms with Gasteiger partial charge in [-0.2, -0.15) is 0 Å². The average molecular weight is 291 g/mol.